The van der Waals surface area contributed by atoms with Crippen LogP contribution in [0.15, 0.2) is 47.4 Å². The van der Waals surface area contributed by atoms with Gasteiger partial charge in [0.25, 0.3) is 17.7 Å². The van der Waals surface area contributed by atoms with Crippen LogP contribution in [-0.2, 0) is 10.0 Å². The molecule has 0 aromatic heterocycles. The number of amides is 3. The van der Waals surface area contributed by atoms with Crippen molar-refractivity contribution in [2.24, 2.45) is 0 Å². The van der Waals surface area contributed by atoms with Gasteiger partial charge in [-0.05, 0) is 50.1 Å². The van der Waals surface area contributed by atoms with Crippen LogP contribution in [0.2, 0.25) is 0 Å². The fourth-order valence-corrected chi connectivity index (χ4v) is 5.34. The zero-order valence-electron chi connectivity index (χ0n) is 17.3. The van der Waals surface area contributed by atoms with Crippen molar-refractivity contribution >= 4 is 27.7 Å². The summed E-state index contributed by atoms with van der Waals surface area (Å²) >= 11 is 0. The SMILES string of the molecule is Cc1ccc(S(=O)(=O)N2CCC(NC(=O)c3ccc4c(c3)C(=O)N(C)C4=O)CC2)cc1. The Balaban J connectivity index is 1.39. The van der Waals surface area contributed by atoms with Crippen LogP contribution in [0, 0.1) is 6.92 Å². The van der Waals surface area contributed by atoms with E-state index in [1.54, 1.807) is 24.3 Å². The van der Waals surface area contributed by atoms with Gasteiger partial charge in [0, 0.05) is 31.7 Å². The number of sulfonamides is 1. The molecule has 1 N–H and O–H groups in total. The summed E-state index contributed by atoms with van der Waals surface area (Å²) in [6.45, 7) is 2.52. The van der Waals surface area contributed by atoms with Crippen molar-refractivity contribution in [1.82, 2.24) is 14.5 Å². The van der Waals surface area contributed by atoms with E-state index < -0.39 is 15.9 Å². The van der Waals surface area contributed by atoms with Gasteiger partial charge in [-0.2, -0.15) is 4.31 Å². The molecule has 0 saturated carbocycles. The maximum atomic E-state index is 12.8. The van der Waals surface area contributed by atoms with Gasteiger partial charge >= 0.3 is 0 Å². The van der Waals surface area contributed by atoms with E-state index in [0.717, 1.165) is 10.5 Å². The highest BCUT2D eigenvalue weighted by Gasteiger charge is 2.34. The average molecular weight is 442 g/mol. The molecule has 8 nitrogen and oxygen atoms in total. The molecule has 0 atom stereocenters. The number of fused-ring (bicyclic) bond motifs is 1. The van der Waals surface area contributed by atoms with Gasteiger partial charge in [0.05, 0.1) is 16.0 Å². The lowest BCUT2D eigenvalue weighted by atomic mass is 10.0. The predicted molar refractivity (Wildman–Crippen MR) is 113 cm³/mol. The summed E-state index contributed by atoms with van der Waals surface area (Å²) in [6, 6.07) is 11.0. The van der Waals surface area contributed by atoms with Gasteiger partial charge in [-0.15, -0.1) is 0 Å². The zero-order valence-corrected chi connectivity index (χ0v) is 18.1. The molecule has 2 aromatic carbocycles. The molecule has 3 amide bonds. The zero-order chi connectivity index (χ0) is 22.3. The van der Waals surface area contributed by atoms with Gasteiger partial charge in [0.15, 0.2) is 0 Å². The minimum atomic E-state index is -3.56. The van der Waals surface area contributed by atoms with E-state index in [2.05, 4.69) is 5.32 Å². The monoisotopic (exact) mass is 441 g/mol. The smallest absolute Gasteiger partial charge is 0.261 e. The Morgan fingerprint density at radius 2 is 1.58 bits per heavy atom. The average Bonchev–Trinajstić information content (AvgIpc) is 2.98. The summed E-state index contributed by atoms with van der Waals surface area (Å²) in [7, 11) is -2.15. The van der Waals surface area contributed by atoms with Crippen LogP contribution < -0.4 is 5.32 Å². The lowest BCUT2D eigenvalue weighted by Gasteiger charge is -2.31. The molecule has 4 rings (SSSR count). The number of benzene rings is 2. The first kappa shape index (κ1) is 21.2. The Bertz CT molecular complexity index is 1170. The van der Waals surface area contributed by atoms with Gasteiger partial charge < -0.3 is 5.32 Å². The fourth-order valence-electron chi connectivity index (χ4n) is 3.87. The molecule has 9 heteroatoms. The lowest BCUT2D eigenvalue weighted by molar-refractivity contribution is 0.0692. The van der Waals surface area contributed by atoms with Crippen molar-refractivity contribution in [2.75, 3.05) is 20.1 Å². The number of nitrogens with one attached hydrogen (secondary N) is 1. The number of imide groups is 1. The van der Waals surface area contributed by atoms with E-state index in [1.807, 2.05) is 6.92 Å². The van der Waals surface area contributed by atoms with Crippen molar-refractivity contribution in [1.29, 1.82) is 0 Å². The number of carbonyl (C=O) groups excluding carboxylic acids is 3. The third-order valence-corrected chi connectivity index (χ3v) is 7.71. The van der Waals surface area contributed by atoms with Gasteiger partial charge in [0.2, 0.25) is 10.0 Å². The van der Waals surface area contributed by atoms with Crippen LogP contribution in [0.1, 0.15) is 49.5 Å². The molecule has 2 aromatic rings. The second-order valence-corrected chi connectivity index (χ2v) is 9.83. The van der Waals surface area contributed by atoms with Crippen LogP contribution in [0.25, 0.3) is 0 Å². The number of carbonyl (C=O) groups is 3. The van der Waals surface area contributed by atoms with E-state index in [1.165, 1.54) is 29.6 Å². The minimum Gasteiger partial charge on any atom is -0.349 e. The van der Waals surface area contributed by atoms with Crippen molar-refractivity contribution < 1.29 is 22.8 Å². The van der Waals surface area contributed by atoms with E-state index in [-0.39, 0.29) is 28.3 Å². The van der Waals surface area contributed by atoms with Crippen LogP contribution in [0.5, 0.6) is 0 Å². The van der Waals surface area contributed by atoms with Gasteiger partial charge in [-0.25, -0.2) is 8.42 Å². The molecule has 0 bridgehead atoms. The normalized spacial score (nSPS) is 17.7. The van der Waals surface area contributed by atoms with Crippen molar-refractivity contribution in [3.63, 3.8) is 0 Å². The molecule has 162 valence electrons. The summed E-state index contributed by atoms with van der Waals surface area (Å²) in [5.41, 5.74) is 1.80. The molecule has 0 spiro atoms. The summed E-state index contributed by atoms with van der Waals surface area (Å²) in [5, 5.41) is 2.91. The largest absolute Gasteiger partial charge is 0.349 e. The first-order valence-electron chi connectivity index (χ1n) is 10.0. The van der Waals surface area contributed by atoms with Crippen LogP contribution >= 0.6 is 0 Å². The number of hydrogen-bond acceptors (Lipinski definition) is 5. The van der Waals surface area contributed by atoms with E-state index in [4.69, 9.17) is 0 Å². The third kappa shape index (κ3) is 3.86. The number of rotatable bonds is 4. The first-order chi connectivity index (χ1) is 14.7. The third-order valence-electron chi connectivity index (χ3n) is 5.80. The maximum absolute atomic E-state index is 12.8. The van der Waals surface area contributed by atoms with E-state index in [0.29, 0.717) is 37.1 Å². The van der Waals surface area contributed by atoms with Crippen LogP contribution in [0.3, 0.4) is 0 Å². The highest BCUT2D eigenvalue weighted by molar-refractivity contribution is 7.89. The second kappa shape index (κ2) is 7.90. The summed E-state index contributed by atoms with van der Waals surface area (Å²) in [6.07, 6.45) is 0.976. The molecule has 0 unspecified atom stereocenters. The Hall–Kier alpha value is -3.04. The standard InChI is InChI=1S/C22H23N3O5S/c1-14-3-6-17(7-4-14)31(29,30)25-11-9-16(10-12-25)23-20(26)15-5-8-18-19(13-15)22(28)24(2)21(18)27/h3-8,13,16H,9-12H2,1-2H3,(H,23,26). The molecule has 1 saturated heterocycles. The van der Waals surface area contributed by atoms with Gasteiger partial charge in [-0.3, -0.25) is 19.3 Å². The molecular formula is C22H23N3O5S. The fraction of sp³-hybridized carbons (Fsp3) is 0.318. The molecular weight excluding hydrogens is 418 g/mol. The van der Waals surface area contributed by atoms with Crippen molar-refractivity contribution in [2.45, 2.75) is 30.7 Å². The highest BCUT2D eigenvalue weighted by Crippen LogP contribution is 2.24. The molecule has 2 heterocycles. The highest BCUT2D eigenvalue weighted by atomic mass is 32.2. The molecule has 2 aliphatic rings. The Kier molecular flexibility index (Phi) is 5.40. The Morgan fingerprint density at radius 1 is 0.968 bits per heavy atom. The quantitative estimate of drug-likeness (QED) is 0.729. The number of piperidine rings is 1. The number of aryl methyl sites for hydroxylation is 1. The van der Waals surface area contributed by atoms with Crippen molar-refractivity contribution in [3.8, 4) is 0 Å². The van der Waals surface area contributed by atoms with E-state index in [9.17, 15) is 22.8 Å². The van der Waals surface area contributed by atoms with E-state index >= 15 is 0 Å². The van der Waals surface area contributed by atoms with Gasteiger partial charge in [-0.1, -0.05) is 17.7 Å². The molecule has 0 aliphatic carbocycles. The van der Waals surface area contributed by atoms with Crippen LogP contribution in [-0.4, -0.2) is 61.5 Å². The Labute approximate surface area is 180 Å². The second-order valence-electron chi connectivity index (χ2n) is 7.89. The lowest BCUT2D eigenvalue weighted by Crippen LogP contribution is -2.46. The van der Waals surface area contributed by atoms with Crippen LogP contribution in [0.4, 0.5) is 0 Å². The van der Waals surface area contributed by atoms with Gasteiger partial charge in [0.1, 0.15) is 0 Å². The molecule has 0 radical (unpaired) electrons. The summed E-state index contributed by atoms with van der Waals surface area (Å²) in [4.78, 5) is 38.1. The maximum Gasteiger partial charge on any atom is 0.261 e. The first-order valence-corrected chi connectivity index (χ1v) is 11.5. The predicted octanol–water partition coefficient (Wildman–Crippen LogP) is 1.80. The van der Waals surface area contributed by atoms with Crippen molar-refractivity contribution in [3.05, 3.63) is 64.7 Å². The summed E-state index contributed by atoms with van der Waals surface area (Å²) < 4.78 is 27.1. The minimum absolute atomic E-state index is 0.176. The molecule has 2 aliphatic heterocycles. The number of hydrogen-bond donors (Lipinski definition) is 1. The summed E-state index contributed by atoms with van der Waals surface area (Å²) in [5.74, 6) is -1.16. The Morgan fingerprint density at radius 3 is 2.23 bits per heavy atom. The molecule has 31 heavy (non-hydrogen) atoms. The number of nitrogens with zero attached hydrogens (tertiary/aromatic N) is 2. The molecule has 1 fully saturated rings. The topological polar surface area (TPSA) is 104 Å².